The topological polar surface area (TPSA) is 38.0 Å². The van der Waals surface area contributed by atoms with Crippen molar-refractivity contribution < 1.29 is 17.6 Å². The van der Waals surface area contributed by atoms with E-state index in [4.69, 9.17) is 5.73 Å². The number of halogens is 4. The number of anilines is 3. The summed E-state index contributed by atoms with van der Waals surface area (Å²) in [6.45, 7) is 0. The molecule has 19 heavy (non-hydrogen) atoms. The van der Waals surface area contributed by atoms with Gasteiger partial charge in [-0.2, -0.15) is 13.2 Å². The van der Waals surface area contributed by atoms with Crippen LogP contribution < -0.4 is 11.1 Å². The van der Waals surface area contributed by atoms with Crippen LogP contribution in [-0.4, -0.2) is 0 Å². The van der Waals surface area contributed by atoms with Crippen LogP contribution >= 0.6 is 0 Å². The van der Waals surface area contributed by atoms with Crippen LogP contribution in [-0.2, 0) is 6.18 Å². The molecule has 2 nitrogen and oxygen atoms in total. The minimum absolute atomic E-state index is 0.0942. The Morgan fingerprint density at radius 1 is 0.947 bits per heavy atom. The molecule has 0 atom stereocenters. The van der Waals surface area contributed by atoms with Crippen molar-refractivity contribution in [3.8, 4) is 0 Å². The largest absolute Gasteiger partial charge is 0.418 e. The first-order valence-corrected chi connectivity index (χ1v) is 5.36. The Morgan fingerprint density at radius 2 is 1.63 bits per heavy atom. The lowest BCUT2D eigenvalue weighted by Crippen LogP contribution is -2.09. The molecule has 3 N–H and O–H groups in total. The molecule has 0 unspecified atom stereocenters. The average Bonchev–Trinajstić information content (AvgIpc) is 2.33. The second kappa shape index (κ2) is 4.79. The van der Waals surface area contributed by atoms with Gasteiger partial charge in [0.1, 0.15) is 5.82 Å². The monoisotopic (exact) mass is 270 g/mol. The molecule has 6 heteroatoms. The first kappa shape index (κ1) is 13.2. The van der Waals surface area contributed by atoms with E-state index < -0.39 is 17.6 Å². The van der Waals surface area contributed by atoms with Gasteiger partial charge in [-0.3, -0.25) is 0 Å². The Morgan fingerprint density at radius 3 is 2.32 bits per heavy atom. The van der Waals surface area contributed by atoms with E-state index >= 15 is 0 Å². The molecule has 0 spiro atoms. The molecule has 0 saturated heterocycles. The number of benzene rings is 2. The molecule has 2 aromatic rings. The highest BCUT2D eigenvalue weighted by Crippen LogP contribution is 2.36. The second-order valence-corrected chi connectivity index (χ2v) is 3.90. The van der Waals surface area contributed by atoms with Gasteiger partial charge < -0.3 is 11.1 Å². The van der Waals surface area contributed by atoms with Gasteiger partial charge in [0.05, 0.1) is 22.6 Å². The zero-order valence-corrected chi connectivity index (χ0v) is 9.63. The molecule has 0 amide bonds. The molecule has 2 aromatic carbocycles. The third-order valence-corrected chi connectivity index (χ3v) is 2.52. The summed E-state index contributed by atoms with van der Waals surface area (Å²) in [4.78, 5) is 0. The van der Waals surface area contributed by atoms with Crippen molar-refractivity contribution in [1.82, 2.24) is 0 Å². The minimum Gasteiger partial charge on any atom is -0.397 e. The van der Waals surface area contributed by atoms with Crippen LogP contribution in [0.5, 0.6) is 0 Å². The van der Waals surface area contributed by atoms with Crippen LogP contribution in [0.25, 0.3) is 0 Å². The van der Waals surface area contributed by atoms with E-state index in [1.54, 1.807) is 0 Å². The predicted octanol–water partition coefficient (Wildman–Crippen LogP) is 4.17. The highest BCUT2D eigenvalue weighted by atomic mass is 19.4. The number of hydrogen-bond acceptors (Lipinski definition) is 2. The highest BCUT2D eigenvalue weighted by molar-refractivity contribution is 5.74. The van der Waals surface area contributed by atoms with Gasteiger partial charge in [-0.25, -0.2) is 4.39 Å². The fraction of sp³-hybridized carbons (Fsp3) is 0.0769. The lowest BCUT2D eigenvalue weighted by Gasteiger charge is -2.15. The van der Waals surface area contributed by atoms with Crippen LogP contribution in [0.4, 0.5) is 34.6 Å². The van der Waals surface area contributed by atoms with E-state index in [1.165, 1.54) is 24.3 Å². The van der Waals surface area contributed by atoms with Gasteiger partial charge >= 0.3 is 6.18 Å². The number of nitrogen functional groups attached to an aromatic ring is 1. The molecule has 0 fully saturated rings. The molecule has 0 aromatic heterocycles. The third kappa shape index (κ3) is 2.96. The van der Waals surface area contributed by atoms with E-state index in [1.807, 2.05) is 0 Å². The van der Waals surface area contributed by atoms with Gasteiger partial charge in [0.2, 0.25) is 0 Å². The van der Waals surface area contributed by atoms with Crippen molar-refractivity contribution >= 4 is 17.1 Å². The number of para-hydroxylation sites is 1. The van der Waals surface area contributed by atoms with Gasteiger partial charge in [-0.15, -0.1) is 0 Å². The SMILES string of the molecule is Nc1ccc(F)cc1Nc1ccccc1C(F)(F)F. The lowest BCUT2D eigenvalue weighted by atomic mass is 10.1. The maximum atomic E-state index is 13.1. The molecular formula is C13H10F4N2. The Bertz CT molecular complexity index is 593. The van der Waals surface area contributed by atoms with Gasteiger partial charge in [-0.1, -0.05) is 12.1 Å². The fourth-order valence-corrected chi connectivity index (χ4v) is 1.62. The van der Waals surface area contributed by atoms with Gasteiger partial charge in [0.15, 0.2) is 0 Å². The third-order valence-electron chi connectivity index (χ3n) is 2.52. The zero-order chi connectivity index (χ0) is 14.0. The Kier molecular flexibility index (Phi) is 3.33. The maximum Gasteiger partial charge on any atom is 0.418 e. The first-order chi connectivity index (χ1) is 8.88. The van der Waals surface area contributed by atoms with Crippen LogP contribution in [0, 0.1) is 5.82 Å². The smallest absolute Gasteiger partial charge is 0.397 e. The highest BCUT2D eigenvalue weighted by Gasteiger charge is 2.33. The molecule has 0 aliphatic heterocycles. The quantitative estimate of drug-likeness (QED) is 0.635. The van der Waals surface area contributed by atoms with Crippen molar-refractivity contribution in [3.05, 3.63) is 53.8 Å². The molecule has 0 radical (unpaired) electrons. The normalized spacial score (nSPS) is 11.4. The van der Waals surface area contributed by atoms with E-state index in [9.17, 15) is 17.6 Å². The molecule has 0 saturated carbocycles. The number of hydrogen-bond donors (Lipinski definition) is 2. The molecule has 0 bridgehead atoms. The summed E-state index contributed by atoms with van der Waals surface area (Å²) in [7, 11) is 0. The molecule has 0 aliphatic carbocycles. The predicted molar refractivity (Wildman–Crippen MR) is 65.5 cm³/mol. The molecule has 100 valence electrons. The van der Waals surface area contributed by atoms with E-state index in [2.05, 4.69) is 5.32 Å². The number of nitrogens with one attached hydrogen (secondary N) is 1. The standard InChI is InChI=1S/C13H10F4N2/c14-8-5-6-10(18)12(7-8)19-11-4-2-1-3-9(11)13(15,16)17/h1-7,19H,18H2. The van der Waals surface area contributed by atoms with Gasteiger partial charge in [0.25, 0.3) is 0 Å². The van der Waals surface area contributed by atoms with Crippen LogP contribution in [0.3, 0.4) is 0 Å². The second-order valence-electron chi connectivity index (χ2n) is 3.90. The maximum absolute atomic E-state index is 13.1. The van der Waals surface area contributed by atoms with Crippen molar-refractivity contribution in [1.29, 1.82) is 0 Å². The van der Waals surface area contributed by atoms with Gasteiger partial charge in [0, 0.05) is 0 Å². The molecule has 2 rings (SSSR count). The molecular weight excluding hydrogens is 260 g/mol. The number of nitrogens with two attached hydrogens (primary N) is 1. The fourth-order valence-electron chi connectivity index (χ4n) is 1.62. The summed E-state index contributed by atoms with van der Waals surface area (Å²) >= 11 is 0. The summed E-state index contributed by atoms with van der Waals surface area (Å²) in [5.41, 5.74) is 4.84. The zero-order valence-electron chi connectivity index (χ0n) is 9.63. The summed E-state index contributed by atoms with van der Waals surface area (Å²) in [6.07, 6.45) is -4.49. The van der Waals surface area contributed by atoms with Crippen LogP contribution in [0.1, 0.15) is 5.56 Å². The summed E-state index contributed by atoms with van der Waals surface area (Å²) in [5, 5.41) is 2.50. The van der Waals surface area contributed by atoms with Gasteiger partial charge in [-0.05, 0) is 30.3 Å². The first-order valence-electron chi connectivity index (χ1n) is 5.36. The number of alkyl halides is 3. The average molecular weight is 270 g/mol. The lowest BCUT2D eigenvalue weighted by molar-refractivity contribution is -0.136. The van der Waals surface area contributed by atoms with Crippen LogP contribution in [0.2, 0.25) is 0 Å². The van der Waals surface area contributed by atoms with Crippen molar-refractivity contribution in [2.24, 2.45) is 0 Å². The Labute approximate surface area is 106 Å². The number of rotatable bonds is 2. The Balaban J connectivity index is 2.41. The Hall–Kier alpha value is -2.24. The van der Waals surface area contributed by atoms with Crippen LogP contribution in [0.15, 0.2) is 42.5 Å². The summed E-state index contributed by atoms with van der Waals surface area (Å²) in [5.74, 6) is -0.582. The summed E-state index contributed by atoms with van der Waals surface area (Å²) in [6, 6.07) is 8.40. The van der Waals surface area contributed by atoms with E-state index in [0.29, 0.717) is 0 Å². The minimum atomic E-state index is -4.49. The van der Waals surface area contributed by atoms with E-state index in [0.717, 1.165) is 18.2 Å². The van der Waals surface area contributed by atoms with Crippen molar-refractivity contribution in [3.63, 3.8) is 0 Å². The van der Waals surface area contributed by atoms with Crippen molar-refractivity contribution in [2.45, 2.75) is 6.18 Å². The molecule has 0 aliphatic rings. The van der Waals surface area contributed by atoms with E-state index in [-0.39, 0.29) is 17.1 Å². The molecule has 0 heterocycles. The van der Waals surface area contributed by atoms with Crippen molar-refractivity contribution in [2.75, 3.05) is 11.1 Å². The summed E-state index contributed by atoms with van der Waals surface area (Å²) < 4.78 is 51.4.